The minimum absolute atomic E-state index is 0.0367. The minimum atomic E-state index is -0.380. The van der Waals surface area contributed by atoms with Gasteiger partial charge in [0, 0.05) is 13.8 Å². The Kier molecular flexibility index (Phi) is 14.4. The van der Waals surface area contributed by atoms with Gasteiger partial charge in [-0.2, -0.15) is 0 Å². The standard InChI is InChI=1S/C32H46O7/c1-7-9-11-13-27(19-25-15-17-29(37-23(3)33)31(21-25)35-5)39-28(14-12-10-8-2)20-26-16-18-30(38-24(4)34)32(22-26)36-6/h15-18,21-22,27-28H,7-14,19-20H2,1-6H3. The van der Waals surface area contributed by atoms with Crippen LogP contribution in [0.25, 0.3) is 0 Å². The van der Waals surface area contributed by atoms with Crippen molar-refractivity contribution in [1.82, 2.24) is 0 Å². The molecule has 0 amide bonds. The Hall–Kier alpha value is -3.06. The van der Waals surface area contributed by atoms with Gasteiger partial charge in [0.1, 0.15) is 0 Å². The van der Waals surface area contributed by atoms with Crippen molar-refractivity contribution in [2.45, 2.75) is 104 Å². The van der Waals surface area contributed by atoms with Gasteiger partial charge in [0.25, 0.3) is 0 Å². The molecule has 0 aliphatic heterocycles. The first-order valence-electron chi connectivity index (χ1n) is 14.2. The number of esters is 2. The molecule has 39 heavy (non-hydrogen) atoms. The SMILES string of the molecule is CCCCCC(Cc1ccc(OC(C)=O)c(OC)c1)OC(CCCCC)Cc1ccc(OC(C)=O)c(OC)c1. The average molecular weight is 543 g/mol. The average Bonchev–Trinajstić information content (AvgIpc) is 2.89. The fourth-order valence-corrected chi connectivity index (χ4v) is 4.63. The van der Waals surface area contributed by atoms with Crippen molar-refractivity contribution in [2.75, 3.05) is 14.2 Å². The Morgan fingerprint density at radius 2 is 1.05 bits per heavy atom. The Morgan fingerprint density at radius 3 is 1.38 bits per heavy atom. The molecular formula is C32H46O7. The first kappa shape index (κ1) is 32.2. The Morgan fingerprint density at radius 1 is 0.641 bits per heavy atom. The van der Waals surface area contributed by atoms with Gasteiger partial charge < -0.3 is 23.7 Å². The van der Waals surface area contributed by atoms with Gasteiger partial charge in [-0.05, 0) is 61.1 Å². The third kappa shape index (κ3) is 11.7. The summed E-state index contributed by atoms with van der Waals surface area (Å²) in [4.78, 5) is 22.9. The van der Waals surface area contributed by atoms with E-state index < -0.39 is 0 Å². The van der Waals surface area contributed by atoms with Crippen LogP contribution in [-0.4, -0.2) is 38.4 Å². The normalized spacial score (nSPS) is 12.5. The fraction of sp³-hybridized carbons (Fsp3) is 0.562. The molecule has 0 saturated heterocycles. The summed E-state index contributed by atoms with van der Waals surface area (Å²) in [7, 11) is 3.15. The molecule has 7 heteroatoms. The quantitative estimate of drug-likeness (QED) is 0.111. The second-order valence-electron chi connectivity index (χ2n) is 9.94. The van der Waals surface area contributed by atoms with Gasteiger partial charge in [-0.15, -0.1) is 0 Å². The maximum atomic E-state index is 11.4. The van der Waals surface area contributed by atoms with E-state index in [0.717, 1.165) is 75.3 Å². The second-order valence-corrected chi connectivity index (χ2v) is 9.94. The van der Waals surface area contributed by atoms with Gasteiger partial charge in [-0.3, -0.25) is 9.59 Å². The number of ether oxygens (including phenoxy) is 5. The van der Waals surface area contributed by atoms with E-state index in [-0.39, 0.29) is 24.1 Å². The topological polar surface area (TPSA) is 80.3 Å². The molecular weight excluding hydrogens is 496 g/mol. The van der Waals surface area contributed by atoms with Crippen LogP contribution in [0.5, 0.6) is 23.0 Å². The molecule has 7 nitrogen and oxygen atoms in total. The van der Waals surface area contributed by atoms with Crippen LogP contribution in [0.3, 0.4) is 0 Å². The van der Waals surface area contributed by atoms with Crippen LogP contribution < -0.4 is 18.9 Å². The van der Waals surface area contributed by atoms with Crippen LogP contribution in [0.1, 0.15) is 90.2 Å². The van der Waals surface area contributed by atoms with E-state index in [2.05, 4.69) is 13.8 Å². The van der Waals surface area contributed by atoms with E-state index in [9.17, 15) is 9.59 Å². The van der Waals surface area contributed by atoms with Crippen LogP contribution in [0.2, 0.25) is 0 Å². The van der Waals surface area contributed by atoms with Gasteiger partial charge >= 0.3 is 11.9 Å². The van der Waals surface area contributed by atoms with Gasteiger partial charge in [0.2, 0.25) is 0 Å². The lowest BCUT2D eigenvalue weighted by Gasteiger charge is -2.26. The molecule has 216 valence electrons. The van der Waals surface area contributed by atoms with E-state index in [1.165, 1.54) is 13.8 Å². The lowest BCUT2D eigenvalue weighted by molar-refractivity contribution is -0.132. The molecule has 0 bridgehead atoms. The number of methoxy groups -OCH3 is 2. The Balaban J connectivity index is 2.25. The monoisotopic (exact) mass is 542 g/mol. The Bertz CT molecular complexity index is 952. The van der Waals surface area contributed by atoms with Crippen molar-refractivity contribution >= 4 is 11.9 Å². The summed E-state index contributed by atoms with van der Waals surface area (Å²) < 4.78 is 28.4. The third-order valence-electron chi connectivity index (χ3n) is 6.53. The number of hydrogen-bond acceptors (Lipinski definition) is 7. The van der Waals surface area contributed by atoms with Gasteiger partial charge in [-0.1, -0.05) is 64.5 Å². The third-order valence-corrected chi connectivity index (χ3v) is 6.53. The zero-order chi connectivity index (χ0) is 28.6. The molecule has 0 N–H and O–H groups in total. The highest BCUT2D eigenvalue weighted by Gasteiger charge is 2.20. The molecule has 0 spiro atoms. The lowest BCUT2D eigenvalue weighted by Crippen LogP contribution is -2.26. The largest absolute Gasteiger partial charge is 0.493 e. The van der Waals surface area contributed by atoms with Crippen molar-refractivity contribution < 1.29 is 33.3 Å². The van der Waals surface area contributed by atoms with Crippen LogP contribution in [0.4, 0.5) is 0 Å². The fourth-order valence-electron chi connectivity index (χ4n) is 4.63. The van der Waals surface area contributed by atoms with Gasteiger partial charge in [0.05, 0.1) is 26.4 Å². The Labute approximate surface area is 234 Å². The highest BCUT2D eigenvalue weighted by Crippen LogP contribution is 2.31. The van der Waals surface area contributed by atoms with Crippen molar-refractivity contribution in [3.05, 3.63) is 47.5 Å². The van der Waals surface area contributed by atoms with E-state index in [0.29, 0.717) is 23.0 Å². The van der Waals surface area contributed by atoms with E-state index in [1.807, 2.05) is 24.3 Å². The number of carbonyl (C=O) groups excluding carboxylic acids is 2. The molecule has 0 radical (unpaired) electrons. The summed E-state index contributed by atoms with van der Waals surface area (Å²) in [5, 5.41) is 0. The molecule has 0 fully saturated rings. The summed E-state index contributed by atoms with van der Waals surface area (Å²) >= 11 is 0. The molecule has 0 aliphatic rings. The summed E-state index contributed by atoms with van der Waals surface area (Å²) in [5.41, 5.74) is 2.15. The number of rotatable bonds is 18. The van der Waals surface area contributed by atoms with E-state index in [4.69, 9.17) is 23.7 Å². The highest BCUT2D eigenvalue weighted by atomic mass is 16.6. The van der Waals surface area contributed by atoms with Gasteiger partial charge in [0.15, 0.2) is 23.0 Å². The predicted molar refractivity (Wildman–Crippen MR) is 153 cm³/mol. The van der Waals surface area contributed by atoms with Crippen molar-refractivity contribution in [3.8, 4) is 23.0 Å². The molecule has 0 aliphatic carbocycles. The maximum Gasteiger partial charge on any atom is 0.308 e. The molecule has 2 unspecified atom stereocenters. The number of hydrogen-bond donors (Lipinski definition) is 0. The number of carbonyl (C=O) groups is 2. The van der Waals surface area contributed by atoms with Crippen LogP contribution in [0.15, 0.2) is 36.4 Å². The predicted octanol–water partition coefficient (Wildman–Crippen LogP) is 7.25. The number of unbranched alkanes of at least 4 members (excludes halogenated alkanes) is 4. The summed E-state index contributed by atoms with van der Waals surface area (Å²) in [6.45, 7) is 7.16. The summed E-state index contributed by atoms with van der Waals surface area (Å²) in [5.74, 6) is 1.15. The zero-order valence-corrected chi connectivity index (χ0v) is 24.5. The maximum absolute atomic E-state index is 11.4. The van der Waals surface area contributed by atoms with Gasteiger partial charge in [-0.25, -0.2) is 0 Å². The van der Waals surface area contributed by atoms with E-state index >= 15 is 0 Å². The summed E-state index contributed by atoms with van der Waals surface area (Å²) in [6.07, 6.45) is 10.3. The first-order chi connectivity index (χ1) is 18.8. The second kappa shape index (κ2) is 17.5. The minimum Gasteiger partial charge on any atom is -0.493 e. The highest BCUT2D eigenvalue weighted by molar-refractivity contribution is 5.71. The summed E-state index contributed by atoms with van der Waals surface area (Å²) in [6, 6.07) is 11.4. The van der Waals surface area contributed by atoms with Crippen LogP contribution in [-0.2, 0) is 27.2 Å². The molecule has 0 saturated carbocycles. The molecule has 2 atom stereocenters. The zero-order valence-electron chi connectivity index (χ0n) is 24.5. The smallest absolute Gasteiger partial charge is 0.308 e. The molecule has 2 aromatic carbocycles. The molecule has 0 heterocycles. The van der Waals surface area contributed by atoms with Crippen molar-refractivity contribution in [1.29, 1.82) is 0 Å². The number of benzene rings is 2. The van der Waals surface area contributed by atoms with E-state index in [1.54, 1.807) is 26.4 Å². The van der Waals surface area contributed by atoms with Crippen molar-refractivity contribution in [2.24, 2.45) is 0 Å². The van der Waals surface area contributed by atoms with Crippen molar-refractivity contribution in [3.63, 3.8) is 0 Å². The molecule has 2 rings (SSSR count). The molecule has 0 aromatic heterocycles. The van der Waals surface area contributed by atoms with Crippen LogP contribution in [0, 0.1) is 0 Å². The lowest BCUT2D eigenvalue weighted by atomic mass is 9.99. The van der Waals surface area contributed by atoms with Crippen LogP contribution >= 0.6 is 0 Å². The molecule has 2 aromatic rings. The first-order valence-corrected chi connectivity index (χ1v) is 14.2.